The first-order valence-electron chi connectivity index (χ1n) is 11.7. The highest BCUT2D eigenvalue weighted by atomic mass is 79.9. The van der Waals surface area contributed by atoms with Gasteiger partial charge in [0.2, 0.25) is 11.8 Å². The van der Waals surface area contributed by atoms with Gasteiger partial charge in [0, 0.05) is 19.2 Å². The van der Waals surface area contributed by atoms with Crippen LogP contribution in [0.1, 0.15) is 18.1 Å². The number of hydrogen-bond acceptors (Lipinski definition) is 5. The van der Waals surface area contributed by atoms with Gasteiger partial charge in [-0.3, -0.25) is 13.9 Å². The van der Waals surface area contributed by atoms with Gasteiger partial charge in [-0.2, -0.15) is 0 Å². The largest absolute Gasteiger partial charge is 0.496 e. The van der Waals surface area contributed by atoms with Crippen LogP contribution in [-0.4, -0.2) is 51.9 Å². The summed E-state index contributed by atoms with van der Waals surface area (Å²) in [6.07, 6.45) is 0. The number of nitrogens with one attached hydrogen (secondary N) is 1. The molecule has 0 saturated heterocycles. The number of nitrogens with zero attached hydrogens (tertiary/aromatic N) is 2. The highest BCUT2D eigenvalue weighted by Crippen LogP contribution is 2.31. The van der Waals surface area contributed by atoms with Crippen LogP contribution in [0, 0.1) is 12.7 Å². The van der Waals surface area contributed by atoms with E-state index in [4.69, 9.17) is 4.74 Å². The SMILES string of the molecule is CNC(=O)[C@H](C)N(Cc1ccccc1F)C(=O)CN(c1ccc(C)cc1)S(=O)(=O)c1ccc(OC)c(Br)c1. The Balaban J connectivity index is 2.06. The predicted octanol–water partition coefficient (Wildman–Crippen LogP) is 4.26. The van der Waals surface area contributed by atoms with Crippen molar-refractivity contribution in [2.75, 3.05) is 25.0 Å². The number of aryl methyl sites for hydroxylation is 1. The van der Waals surface area contributed by atoms with Crippen molar-refractivity contribution in [3.8, 4) is 5.75 Å². The molecule has 2 amide bonds. The summed E-state index contributed by atoms with van der Waals surface area (Å²) in [5, 5.41) is 2.49. The first-order chi connectivity index (χ1) is 18.0. The maximum absolute atomic E-state index is 14.5. The van der Waals surface area contributed by atoms with E-state index < -0.39 is 40.2 Å². The summed E-state index contributed by atoms with van der Waals surface area (Å²) in [6.45, 7) is 2.51. The summed E-state index contributed by atoms with van der Waals surface area (Å²) < 4.78 is 48.8. The van der Waals surface area contributed by atoms with Crippen LogP contribution in [0.4, 0.5) is 10.1 Å². The number of hydrogen-bond donors (Lipinski definition) is 1. The zero-order valence-electron chi connectivity index (χ0n) is 21.4. The maximum Gasteiger partial charge on any atom is 0.264 e. The fraction of sp³-hybridized carbons (Fsp3) is 0.259. The first kappa shape index (κ1) is 29.1. The van der Waals surface area contributed by atoms with E-state index >= 15 is 0 Å². The van der Waals surface area contributed by atoms with Gasteiger partial charge in [-0.1, -0.05) is 35.9 Å². The van der Waals surface area contributed by atoms with Crippen molar-refractivity contribution in [3.63, 3.8) is 0 Å². The first-order valence-corrected chi connectivity index (χ1v) is 13.9. The number of amides is 2. The fourth-order valence-electron chi connectivity index (χ4n) is 3.78. The van der Waals surface area contributed by atoms with Crippen molar-refractivity contribution >= 4 is 43.5 Å². The van der Waals surface area contributed by atoms with Crippen LogP contribution in [0.15, 0.2) is 76.1 Å². The molecule has 1 N–H and O–H groups in total. The lowest BCUT2D eigenvalue weighted by Crippen LogP contribution is -2.50. The van der Waals surface area contributed by atoms with E-state index in [0.717, 1.165) is 14.8 Å². The Hall–Kier alpha value is -3.44. The topological polar surface area (TPSA) is 96.0 Å². The van der Waals surface area contributed by atoms with Crippen molar-refractivity contribution in [1.82, 2.24) is 10.2 Å². The number of likely N-dealkylation sites (N-methyl/N-ethyl adjacent to an activating group) is 1. The average Bonchev–Trinajstić information content (AvgIpc) is 2.90. The van der Waals surface area contributed by atoms with Crippen molar-refractivity contribution in [2.45, 2.75) is 31.3 Å². The Morgan fingerprint density at radius 3 is 2.32 bits per heavy atom. The zero-order valence-corrected chi connectivity index (χ0v) is 23.8. The molecule has 3 rings (SSSR count). The molecule has 0 spiro atoms. The number of sulfonamides is 1. The van der Waals surface area contributed by atoms with Gasteiger partial charge in [-0.05, 0) is 66.2 Å². The van der Waals surface area contributed by atoms with Gasteiger partial charge in [0.05, 0.1) is 22.2 Å². The predicted molar refractivity (Wildman–Crippen MR) is 147 cm³/mol. The Morgan fingerprint density at radius 2 is 1.74 bits per heavy atom. The Bertz CT molecular complexity index is 1420. The molecule has 0 aromatic heterocycles. The second kappa shape index (κ2) is 12.4. The van der Waals surface area contributed by atoms with Gasteiger partial charge in [-0.15, -0.1) is 0 Å². The van der Waals surface area contributed by atoms with Gasteiger partial charge in [0.1, 0.15) is 24.2 Å². The Labute approximate surface area is 230 Å². The third-order valence-electron chi connectivity index (χ3n) is 6.02. The molecule has 0 aliphatic carbocycles. The summed E-state index contributed by atoms with van der Waals surface area (Å²) in [6, 6.07) is 15.9. The normalized spacial score (nSPS) is 11.9. The van der Waals surface area contributed by atoms with Gasteiger partial charge >= 0.3 is 0 Å². The number of halogens is 2. The van der Waals surface area contributed by atoms with Crippen LogP contribution >= 0.6 is 15.9 Å². The lowest BCUT2D eigenvalue weighted by atomic mass is 10.1. The summed E-state index contributed by atoms with van der Waals surface area (Å²) in [5.74, 6) is -1.25. The number of carbonyl (C=O) groups excluding carboxylic acids is 2. The Morgan fingerprint density at radius 1 is 1.08 bits per heavy atom. The van der Waals surface area contributed by atoms with Crippen molar-refractivity contribution in [3.05, 3.63) is 88.1 Å². The summed E-state index contributed by atoms with van der Waals surface area (Å²) in [7, 11) is -1.36. The van der Waals surface area contributed by atoms with Gasteiger partial charge < -0.3 is 15.0 Å². The molecule has 8 nitrogen and oxygen atoms in total. The van der Waals surface area contributed by atoms with E-state index in [-0.39, 0.29) is 22.7 Å². The van der Waals surface area contributed by atoms with Crippen LogP contribution in [0.25, 0.3) is 0 Å². The molecule has 202 valence electrons. The Kier molecular flexibility index (Phi) is 9.50. The summed E-state index contributed by atoms with van der Waals surface area (Å²) in [5.41, 5.74) is 1.36. The fourth-order valence-corrected chi connectivity index (χ4v) is 5.91. The van der Waals surface area contributed by atoms with Gasteiger partial charge in [0.15, 0.2) is 0 Å². The van der Waals surface area contributed by atoms with Crippen LogP contribution in [-0.2, 0) is 26.2 Å². The van der Waals surface area contributed by atoms with Crippen LogP contribution in [0.3, 0.4) is 0 Å². The highest BCUT2D eigenvalue weighted by Gasteiger charge is 2.33. The van der Waals surface area contributed by atoms with Crippen molar-refractivity contribution < 1.29 is 27.1 Å². The second-order valence-electron chi connectivity index (χ2n) is 8.55. The molecule has 11 heteroatoms. The number of benzene rings is 3. The molecule has 0 radical (unpaired) electrons. The molecule has 38 heavy (non-hydrogen) atoms. The molecule has 0 heterocycles. The monoisotopic (exact) mass is 605 g/mol. The van der Waals surface area contributed by atoms with Crippen molar-refractivity contribution in [1.29, 1.82) is 0 Å². The van der Waals surface area contributed by atoms with Gasteiger partial charge in [-0.25, -0.2) is 12.8 Å². The molecular formula is C27H29BrFN3O5S. The third kappa shape index (κ3) is 6.51. The van der Waals surface area contributed by atoms with E-state index in [0.29, 0.717) is 10.2 Å². The summed E-state index contributed by atoms with van der Waals surface area (Å²) in [4.78, 5) is 27.3. The maximum atomic E-state index is 14.5. The average molecular weight is 607 g/mol. The minimum Gasteiger partial charge on any atom is -0.496 e. The van der Waals surface area contributed by atoms with E-state index in [1.54, 1.807) is 30.3 Å². The van der Waals surface area contributed by atoms with E-state index in [9.17, 15) is 22.4 Å². The highest BCUT2D eigenvalue weighted by molar-refractivity contribution is 9.10. The van der Waals surface area contributed by atoms with Crippen molar-refractivity contribution in [2.24, 2.45) is 0 Å². The van der Waals surface area contributed by atoms with Crippen LogP contribution < -0.4 is 14.4 Å². The molecule has 0 saturated carbocycles. The molecule has 0 bridgehead atoms. The zero-order chi connectivity index (χ0) is 28.0. The second-order valence-corrected chi connectivity index (χ2v) is 11.3. The van der Waals surface area contributed by atoms with Crippen LogP contribution in [0.2, 0.25) is 0 Å². The molecule has 0 unspecified atom stereocenters. The lowest BCUT2D eigenvalue weighted by molar-refractivity contribution is -0.139. The molecule has 3 aromatic rings. The molecule has 3 aromatic carbocycles. The smallest absolute Gasteiger partial charge is 0.264 e. The number of rotatable bonds is 10. The lowest BCUT2D eigenvalue weighted by Gasteiger charge is -2.32. The molecule has 0 aliphatic heterocycles. The standard InChI is InChI=1S/C27H29BrFN3O5S/c1-18-9-11-21(12-10-18)32(38(35,36)22-13-14-25(37-4)23(28)15-22)17-26(33)31(19(2)27(34)30-3)16-20-7-5-6-8-24(20)29/h5-15,19H,16-17H2,1-4H3,(H,30,34)/t19-/m0/s1. The number of anilines is 1. The molecule has 0 fully saturated rings. The number of methoxy groups -OCH3 is 1. The molecule has 1 atom stereocenters. The third-order valence-corrected chi connectivity index (χ3v) is 8.41. The van der Waals surface area contributed by atoms with E-state index in [2.05, 4.69) is 21.2 Å². The van der Waals surface area contributed by atoms with Crippen LogP contribution in [0.5, 0.6) is 5.75 Å². The number of ether oxygens (including phenoxy) is 1. The molecular weight excluding hydrogens is 577 g/mol. The molecule has 0 aliphatic rings. The van der Waals surface area contributed by atoms with E-state index in [1.807, 2.05) is 6.92 Å². The van der Waals surface area contributed by atoms with E-state index in [1.165, 1.54) is 57.5 Å². The minimum absolute atomic E-state index is 0.0708. The minimum atomic E-state index is -4.25. The van der Waals surface area contributed by atoms with Gasteiger partial charge in [0.25, 0.3) is 10.0 Å². The number of carbonyl (C=O) groups is 2. The quantitative estimate of drug-likeness (QED) is 0.372. The summed E-state index contributed by atoms with van der Waals surface area (Å²) >= 11 is 3.31.